The van der Waals surface area contributed by atoms with Crippen LogP contribution in [0.15, 0.2) is 30.5 Å². The Hall–Kier alpha value is -1.32. The first-order valence-corrected chi connectivity index (χ1v) is 5.49. The summed E-state index contributed by atoms with van der Waals surface area (Å²) in [6.45, 7) is 4.03. The Kier molecular flexibility index (Phi) is 2.74. The molecule has 3 heteroatoms. The van der Waals surface area contributed by atoms with Crippen LogP contribution in [0.2, 0.25) is 0 Å². The zero-order valence-electron chi connectivity index (χ0n) is 9.70. The molecule has 4 N–H and O–H groups in total. The van der Waals surface area contributed by atoms with Crippen LogP contribution in [0.3, 0.4) is 0 Å². The molecule has 0 aliphatic rings. The average molecular weight is 218 g/mol. The molecule has 0 bridgehead atoms. The highest BCUT2D eigenvalue weighted by Gasteiger charge is 2.28. The molecule has 86 valence electrons. The van der Waals surface area contributed by atoms with Crippen molar-refractivity contribution in [2.75, 3.05) is 6.61 Å². The van der Waals surface area contributed by atoms with Crippen molar-refractivity contribution in [2.24, 2.45) is 11.1 Å². The summed E-state index contributed by atoms with van der Waals surface area (Å²) in [7, 11) is 0. The summed E-state index contributed by atoms with van der Waals surface area (Å²) >= 11 is 0. The van der Waals surface area contributed by atoms with Gasteiger partial charge in [0.1, 0.15) is 0 Å². The van der Waals surface area contributed by atoms with Gasteiger partial charge < -0.3 is 15.8 Å². The van der Waals surface area contributed by atoms with E-state index in [0.29, 0.717) is 0 Å². The quantitative estimate of drug-likeness (QED) is 0.739. The zero-order chi connectivity index (χ0) is 11.8. The van der Waals surface area contributed by atoms with Gasteiger partial charge in [0.05, 0.1) is 0 Å². The summed E-state index contributed by atoms with van der Waals surface area (Å²) in [6, 6.07) is 7.90. The van der Waals surface area contributed by atoms with Crippen LogP contribution in [0.1, 0.15) is 25.5 Å². The first kappa shape index (κ1) is 11.2. The maximum Gasteiger partial charge on any atom is 0.0500 e. The van der Waals surface area contributed by atoms with E-state index in [9.17, 15) is 5.11 Å². The number of nitrogens with two attached hydrogens (primary N) is 1. The second-order valence-corrected chi connectivity index (χ2v) is 4.91. The number of aliphatic hydroxyl groups excluding tert-OH is 1. The molecule has 0 radical (unpaired) electrons. The number of hydrogen-bond acceptors (Lipinski definition) is 2. The lowest BCUT2D eigenvalue weighted by Gasteiger charge is -2.30. The van der Waals surface area contributed by atoms with Crippen LogP contribution in [-0.2, 0) is 0 Å². The highest BCUT2D eigenvalue weighted by Crippen LogP contribution is 2.34. The van der Waals surface area contributed by atoms with Crippen molar-refractivity contribution < 1.29 is 5.11 Å². The number of fused-ring (bicyclic) bond motifs is 1. The van der Waals surface area contributed by atoms with Gasteiger partial charge in [-0.1, -0.05) is 26.0 Å². The van der Waals surface area contributed by atoms with Gasteiger partial charge in [-0.05, 0) is 17.7 Å². The summed E-state index contributed by atoms with van der Waals surface area (Å²) in [5, 5.41) is 10.5. The lowest BCUT2D eigenvalue weighted by molar-refractivity contribution is 0.133. The van der Waals surface area contributed by atoms with Crippen LogP contribution in [0.5, 0.6) is 0 Å². The van der Waals surface area contributed by atoms with Gasteiger partial charge in [0.25, 0.3) is 0 Å². The van der Waals surface area contributed by atoms with E-state index in [-0.39, 0.29) is 18.1 Å². The molecule has 1 aromatic carbocycles. The van der Waals surface area contributed by atoms with Crippen molar-refractivity contribution in [2.45, 2.75) is 19.9 Å². The fraction of sp³-hybridized carbons (Fsp3) is 0.385. The summed E-state index contributed by atoms with van der Waals surface area (Å²) in [4.78, 5) is 3.17. The van der Waals surface area contributed by atoms with Crippen LogP contribution >= 0.6 is 0 Å². The third kappa shape index (κ3) is 1.72. The lowest BCUT2D eigenvalue weighted by atomic mass is 9.81. The van der Waals surface area contributed by atoms with E-state index >= 15 is 0 Å². The predicted octanol–water partition coefficient (Wildman–Crippen LogP) is 2.19. The molecule has 3 nitrogen and oxygen atoms in total. The monoisotopic (exact) mass is 218 g/mol. The maximum atomic E-state index is 9.36. The topological polar surface area (TPSA) is 62.0 Å². The number of H-pyrrole nitrogens is 1. The van der Waals surface area contributed by atoms with Gasteiger partial charge in [-0.2, -0.15) is 0 Å². The molecule has 16 heavy (non-hydrogen) atoms. The van der Waals surface area contributed by atoms with Gasteiger partial charge in [0, 0.05) is 35.2 Å². The van der Waals surface area contributed by atoms with Crippen LogP contribution in [0.25, 0.3) is 10.9 Å². The molecule has 0 aliphatic heterocycles. The van der Waals surface area contributed by atoms with Gasteiger partial charge in [0.15, 0.2) is 0 Å². The second kappa shape index (κ2) is 3.92. The minimum absolute atomic E-state index is 0.0784. The molecule has 2 aromatic rings. The highest BCUT2D eigenvalue weighted by molar-refractivity contribution is 5.83. The molecule has 1 aromatic heterocycles. The number of aromatic amines is 1. The zero-order valence-corrected chi connectivity index (χ0v) is 9.70. The van der Waals surface area contributed by atoms with Gasteiger partial charge in [0.2, 0.25) is 0 Å². The predicted molar refractivity (Wildman–Crippen MR) is 66.1 cm³/mol. The molecule has 0 unspecified atom stereocenters. The Balaban J connectivity index is 2.51. The van der Waals surface area contributed by atoms with Crippen molar-refractivity contribution >= 4 is 10.9 Å². The molecule has 0 saturated carbocycles. The molecular weight excluding hydrogens is 200 g/mol. The molecular formula is C13H18N2O. The van der Waals surface area contributed by atoms with E-state index in [1.807, 2.05) is 44.3 Å². The van der Waals surface area contributed by atoms with E-state index in [0.717, 1.165) is 16.5 Å². The molecule has 0 spiro atoms. The molecule has 1 heterocycles. The van der Waals surface area contributed by atoms with Crippen molar-refractivity contribution in [1.82, 2.24) is 4.98 Å². The SMILES string of the molecule is CC(C)(CO)[C@@H](N)c1cccc2[nH]ccc12. The van der Waals surface area contributed by atoms with Crippen molar-refractivity contribution in [3.05, 3.63) is 36.0 Å². The fourth-order valence-electron chi connectivity index (χ4n) is 1.90. The molecule has 0 amide bonds. The number of hydrogen-bond donors (Lipinski definition) is 3. The van der Waals surface area contributed by atoms with Crippen molar-refractivity contribution in [3.63, 3.8) is 0 Å². The molecule has 0 saturated heterocycles. The van der Waals surface area contributed by atoms with Gasteiger partial charge in [-0.15, -0.1) is 0 Å². The van der Waals surface area contributed by atoms with E-state index in [2.05, 4.69) is 4.98 Å². The Morgan fingerprint density at radius 2 is 2.12 bits per heavy atom. The van der Waals surface area contributed by atoms with Crippen LogP contribution < -0.4 is 5.73 Å². The Morgan fingerprint density at radius 1 is 1.38 bits per heavy atom. The standard InChI is InChI=1S/C13H18N2O/c1-13(2,8-16)12(14)10-4-3-5-11-9(10)6-7-15-11/h3-7,12,15-16H,8,14H2,1-2H3/t12-/m0/s1. The van der Waals surface area contributed by atoms with Crippen LogP contribution in [0.4, 0.5) is 0 Å². The van der Waals surface area contributed by atoms with E-state index < -0.39 is 0 Å². The summed E-state index contributed by atoms with van der Waals surface area (Å²) < 4.78 is 0. The Morgan fingerprint density at radius 3 is 2.81 bits per heavy atom. The molecule has 2 rings (SSSR count). The molecule has 1 atom stereocenters. The fourth-order valence-corrected chi connectivity index (χ4v) is 1.90. The number of benzene rings is 1. The van der Waals surface area contributed by atoms with Crippen LogP contribution in [-0.4, -0.2) is 16.7 Å². The van der Waals surface area contributed by atoms with Gasteiger partial charge in [-0.25, -0.2) is 0 Å². The third-order valence-electron chi connectivity index (χ3n) is 3.21. The van der Waals surface area contributed by atoms with Crippen molar-refractivity contribution in [3.8, 4) is 0 Å². The van der Waals surface area contributed by atoms with Crippen molar-refractivity contribution in [1.29, 1.82) is 0 Å². The van der Waals surface area contributed by atoms with Gasteiger partial charge >= 0.3 is 0 Å². The largest absolute Gasteiger partial charge is 0.396 e. The summed E-state index contributed by atoms with van der Waals surface area (Å²) in [6.07, 6.45) is 1.91. The highest BCUT2D eigenvalue weighted by atomic mass is 16.3. The number of nitrogens with one attached hydrogen (secondary N) is 1. The summed E-state index contributed by atoms with van der Waals surface area (Å²) in [5.41, 5.74) is 8.09. The normalized spacial score (nSPS) is 14.2. The number of aliphatic hydroxyl groups is 1. The molecule has 0 fully saturated rings. The average Bonchev–Trinajstić information content (AvgIpc) is 2.75. The maximum absolute atomic E-state index is 9.36. The minimum Gasteiger partial charge on any atom is -0.396 e. The lowest BCUT2D eigenvalue weighted by Crippen LogP contribution is -2.32. The first-order chi connectivity index (χ1) is 7.56. The third-order valence-corrected chi connectivity index (χ3v) is 3.21. The van der Waals surface area contributed by atoms with E-state index in [1.54, 1.807) is 0 Å². The van der Waals surface area contributed by atoms with Crippen LogP contribution in [0, 0.1) is 5.41 Å². The molecule has 0 aliphatic carbocycles. The minimum atomic E-state index is -0.314. The Labute approximate surface area is 95.3 Å². The van der Waals surface area contributed by atoms with E-state index in [4.69, 9.17) is 5.73 Å². The Bertz CT molecular complexity index is 487. The first-order valence-electron chi connectivity index (χ1n) is 5.49. The smallest absolute Gasteiger partial charge is 0.0500 e. The number of rotatable bonds is 3. The van der Waals surface area contributed by atoms with Gasteiger partial charge in [-0.3, -0.25) is 0 Å². The summed E-state index contributed by atoms with van der Waals surface area (Å²) in [5.74, 6) is 0. The van der Waals surface area contributed by atoms with E-state index in [1.165, 1.54) is 0 Å². The number of aromatic nitrogens is 1. The second-order valence-electron chi connectivity index (χ2n) is 4.91.